The zero-order valence-electron chi connectivity index (χ0n) is 15.4. The number of ether oxygens (including phenoxy) is 2. The van der Waals surface area contributed by atoms with Crippen LogP contribution in [0.4, 0.5) is 5.69 Å². The van der Waals surface area contributed by atoms with E-state index >= 15 is 0 Å². The van der Waals surface area contributed by atoms with Crippen molar-refractivity contribution in [1.82, 2.24) is 5.32 Å². The highest BCUT2D eigenvalue weighted by atomic mass is 16.5. The number of nitrogens with zero attached hydrogens (tertiary/aromatic N) is 1. The molecule has 2 atom stereocenters. The van der Waals surface area contributed by atoms with E-state index in [0.717, 1.165) is 5.69 Å². The molecule has 0 fully saturated rings. The van der Waals surface area contributed by atoms with E-state index in [0.29, 0.717) is 12.0 Å². The standard InChI is InChI=1S/C18H26N2O5/c1-6-12(2)16(18(23)24-5)19-15(21)11-25-17(22)13-8-7-9-14(10-13)20(3)4/h7-10,12,16H,6,11H2,1-5H3,(H,19,21)/t12-,16+/m0/s1. The van der Waals surface area contributed by atoms with Crippen LogP contribution in [0.2, 0.25) is 0 Å². The molecule has 0 heterocycles. The van der Waals surface area contributed by atoms with Crippen molar-refractivity contribution in [3.8, 4) is 0 Å². The molecular weight excluding hydrogens is 324 g/mol. The van der Waals surface area contributed by atoms with Crippen LogP contribution in [0.3, 0.4) is 0 Å². The zero-order chi connectivity index (χ0) is 19.0. The first kappa shape index (κ1) is 20.5. The molecule has 1 rings (SSSR count). The second-order valence-corrected chi connectivity index (χ2v) is 5.97. The van der Waals surface area contributed by atoms with Gasteiger partial charge in [-0.3, -0.25) is 4.79 Å². The number of methoxy groups -OCH3 is 1. The van der Waals surface area contributed by atoms with Crippen LogP contribution in [-0.2, 0) is 19.1 Å². The van der Waals surface area contributed by atoms with Gasteiger partial charge in [0.05, 0.1) is 12.7 Å². The number of anilines is 1. The van der Waals surface area contributed by atoms with Gasteiger partial charge in [0, 0.05) is 19.8 Å². The van der Waals surface area contributed by atoms with Crippen molar-refractivity contribution in [3.63, 3.8) is 0 Å². The predicted octanol–water partition coefficient (Wildman–Crippen LogP) is 1.61. The maximum atomic E-state index is 12.1. The number of hydrogen-bond acceptors (Lipinski definition) is 6. The Labute approximate surface area is 148 Å². The smallest absolute Gasteiger partial charge is 0.338 e. The lowest BCUT2D eigenvalue weighted by atomic mass is 9.99. The van der Waals surface area contributed by atoms with Crippen molar-refractivity contribution < 1.29 is 23.9 Å². The predicted molar refractivity (Wildman–Crippen MR) is 94.5 cm³/mol. The van der Waals surface area contributed by atoms with Gasteiger partial charge in [0.2, 0.25) is 0 Å². The highest BCUT2D eigenvalue weighted by Crippen LogP contribution is 2.14. The molecule has 0 saturated heterocycles. The van der Waals surface area contributed by atoms with Gasteiger partial charge in [0.1, 0.15) is 6.04 Å². The zero-order valence-corrected chi connectivity index (χ0v) is 15.4. The largest absolute Gasteiger partial charge is 0.467 e. The summed E-state index contributed by atoms with van der Waals surface area (Å²) >= 11 is 0. The van der Waals surface area contributed by atoms with Crippen LogP contribution in [0.1, 0.15) is 30.6 Å². The van der Waals surface area contributed by atoms with Gasteiger partial charge in [-0.25, -0.2) is 9.59 Å². The molecule has 1 aromatic rings. The monoisotopic (exact) mass is 350 g/mol. The van der Waals surface area contributed by atoms with Gasteiger partial charge in [-0.05, 0) is 24.1 Å². The quantitative estimate of drug-likeness (QED) is 0.717. The molecule has 25 heavy (non-hydrogen) atoms. The third kappa shape index (κ3) is 6.10. The minimum atomic E-state index is -0.765. The molecule has 1 amide bonds. The molecule has 0 radical (unpaired) electrons. The summed E-state index contributed by atoms with van der Waals surface area (Å²) in [7, 11) is 4.99. The van der Waals surface area contributed by atoms with Gasteiger partial charge in [0.25, 0.3) is 5.91 Å². The van der Waals surface area contributed by atoms with E-state index in [9.17, 15) is 14.4 Å². The lowest BCUT2D eigenvalue weighted by Gasteiger charge is -2.21. The highest BCUT2D eigenvalue weighted by Gasteiger charge is 2.27. The van der Waals surface area contributed by atoms with Crippen molar-refractivity contribution >= 4 is 23.5 Å². The van der Waals surface area contributed by atoms with Gasteiger partial charge in [0.15, 0.2) is 6.61 Å². The van der Waals surface area contributed by atoms with Crippen LogP contribution < -0.4 is 10.2 Å². The molecule has 138 valence electrons. The molecule has 0 aliphatic heterocycles. The lowest BCUT2D eigenvalue weighted by Crippen LogP contribution is -2.47. The third-order valence-corrected chi connectivity index (χ3v) is 3.92. The summed E-state index contributed by atoms with van der Waals surface area (Å²) in [5, 5.41) is 2.56. The number of hydrogen-bond donors (Lipinski definition) is 1. The molecule has 0 aliphatic rings. The average Bonchev–Trinajstić information content (AvgIpc) is 2.62. The van der Waals surface area contributed by atoms with E-state index in [4.69, 9.17) is 9.47 Å². The molecule has 0 aromatic heterocycles. The Morgan fingerprint density at radius 1 is 1.24 bits per heavy atom. The van der Waals surface area contributed by atoms with Gasteiger partial charge in [-0.15, -0.1) is 0 Å². The summed E-state index contributed by atoms with van der Waals surface area (Å²) in [5.74, 6) is -1.76. The van der Waals surface area contributed by atoms with Crippen LogP contribution in [0.25, 0.3) is 0 Å². The van der Waals surface area contributed by atoms with Crippen LogP contribution in [0.5, 0.6) is 0 Å². The number of benzene rings is 1. The fourth-order valence-corrected chi connectivity index (χ4v) is 2.14. The maximum absolute atomic E-state index is 12.1. The SMILES string of the molecule is CC[C@H](C)[C@@H](NC(=O)COC(=O)c1cccc(N(C)C)c1)C(=O)OC. The summed E-state index contributed by atoms with van der Waals surface area (Å²) < 4.78 is 9.73. The van der Waals surface area contributed by atoms with E-state index < -0.39 is 30.5 Å². The first-order valence-electron chi connectivity index (χ1n) is 8.11. The molecule has 0 unspecified atom stereocenters. The summed E-state index contributed by atoms with van der Waals surface area (Å²) in [6, 6.07) is 6.12. The molecule has 0 aliphatic carbocycles. The summed E-state index contributed by atoms with van der Waals surface area (Å²) in [5.41, 5.74) is 1.20. The van der Waals surface area contributed by atoms with Crippen molar-refractivity contribution in [2.24, 2.45) is 5.92 Å². The minimum Gasteiger partial charge on any atom is -0.467 e. The van der Waals surface area contributed by atoms with E-state index in [1.807, 2.05) is 38.9 Å². The Kier molecular flexibility index (Phi) is 7.91. The first-order chi connectivity index (χ1) is 11.8. The Balaban J connectivity index is 2.64. The summed E-state index contributed by atoms with van der Waals surface area (Å²) in [4.78, 5) is 37.7. The van der Waals surface area contributed by atoms with Crippen LogP contribution in [0.15, 0.2) is 24.3 Å². The van der Waals surface area contributed by atoms with E-state index in [2.05, 4.69) is 5.32 Å². The molecule has 7 nitrogen and oxygen atoms in total. The van der Waals surface area contributed by atoms with E-state index in [1.165, 1.54) is 7.11 Å². The van der Waals surface area contributed by atoms with Crippen molar-refractivity contribution in [2.45, 2.75) is 26.3 Å². The average molecular weight is 350 g/mol. The van der Waals surface area contributed by atoms with Gasteiger partial charge in [-0.2, -0.15) is 0 Å². The van der Waals surface area contributed by atoms with Gasteiger partial charge >= 0.3 is 11.9 Å². The number of carbonyl (C=O) groups is 3. The van der Waals surface area contributed by atoms with Crippen molar-refractivity contribution in [2.75, 3.05) is 32.7 Å². The number of esters is 2. The number of carbonyl (C=O) groups excluding carboxylic acids is 3. The Bertz CT molecular complexity index is 615. The molecule has 1 aromatic carbocycles. The van der Waals surface area contributed by atoms with Crippen molar-refractivity contribution in [3.05, 3.63) is 29.8 Å². The normalized spacial score (nSPS) is 12.7. The number of nitrogens with one attached hydrogen (secondary N) is 1. The summed E-state index contributed by atoms with van der Waals surface area (Å²) in [6.45, 7) is 3.28. The van der Waals surface area contributed by atoms with Crippen LogP contribution in [-0.4, -0.2) is 51.7 Å². The molecule has 0 bridgehead atoms. The lowest BCUT2D eigenvalue weighted by molar-refractivity contribution is -0.147. The van der Waals surface area contributed by atoms with Crippen LogP contribution in [0, 0.1) is 5.92 Å². The van der Waals surface area contributed by atoms with E-state index in [1.54, 1.807) is 18.2 Å². The Hall–Kier alpha value is -2.57. The molecule has 0 spiro atoms. The fraction of sp³-hybridized carbons (Fsp3) is 0.500. The second-order valence-electron chi connectivity index (χ2n) is 5.97. The number of amides is 1. The molecular formula is C18H26N2O5. The van der Waals surface area contributed by atoms with Crippen LogP contribution >= 0.6 is 0 Å². The molecule has 0 saturated carbocycles. The maximum Gasteiger partial charge on any atom is 0.338 e. The van der Waals surface area contributed by atoms with Crippen molar-refractivity contribution in [1.29, 1.82) is 0 Å². The third-order valence-electron chi connectivity index (χ3n) is 3.92. The molecule has 7 heteroatoms. The van der Waals surface area contributed by atoms with Gasteiger partial charge in [-0.1, -0.05) is 26.3 Å². The fourth-order valence-electron chi connectivity index (χ4n) is 2.14. The first-order valence-corrected chi connectivity index (χ1v) is 8.11. The Morgan fingerprint density at radius 2 is 1.92 bits per heavy atom. The Morgan fingerprint density at radius 3 is 2.48 bits per heavy atom. The highest BCUT2D eigenvalue weighted by molar-refractivity contribution is 5.93. The minimum absolute atomic E-state index is 0.0936. The number of rotatable bonds is 8. The second kappa shape index (κ2) is 9.66. The van der Waals surface area contributed by atoms with E-state index in [-0.39, 0.29) is 5.92 Å². The summed E-state index contributed by atoms with van der Waals surface area (Å²) in [6.07, 6.45) is 0.692. The van der Waals surface area contributed by atoms with Gasteiger partial charge < -0.3 is 19.7 Å². The topological polar surface area (TPSA) is 84.9 Å². The molecule has 1 N–H and O–H groups in total.